The Labute approximate surface area is 70.5 Å². The summed E-state index contributed by atoms with van der Waals surface area (Å²) in [6.45, 7) is 1.52. The lowest BCUT2D eigenvalue weighted by Gasteiger charge is -2.06. The second-order valence-electron chi connectivity index (χ2n) is 2.17. The normalized spacial score (nSPS) is 11.3. The maximum atomic E-state index is 10.7. The minimum absolute atomic E-state index is 0.200. The zero-order chi connectivity index (χ0) is 9.56. The van der Waals surface area contributed by atoms with Crippen molar-refractivity contribution >= 4 is 11.9 Å². The van der Waals surface area contributed by atoms with Crippen molar-refractivity contribution in [1.29, 1.82) is 0 Å². The van der Waals surface area contributed by atoms with Gasteiger partial charge < -0.3 is 14.6 Å². The molecular weight excluding hydrogens is 160 g/mol. The molecule has 0 saturated heterocycles. The van der Waals surface area contributed by atoms with Crippen molar-refractivity contribution in [3.05, 3.63) is 0 Å². The molecule has 0 radical (unpaired) electrons. The van der Waals surface area contributed by atoms with E-state index in [1.165, 1.54) is 6.92 Å². The minimum atomic E-state index is -1.28. The van der Waals surface area contributed by atoms with E-state index in [1.54, 1.807) is 0 Å². The van der Waals surface area contributed by atoms with Crippen LogP contribution >= 0.6 is 0 Å². The van der Waals surface area contributed by atoms with Crippen LogP contribution in [-0.4, -0.2) is 18.0 Å². The maximum Gasteiger partial charge on any atom is 0.307 e. The lowest BCUT2D eigenvalue weighted by atomic mass is 10.3. The Hall–Kier alpha value is -1.50. The molecule has 0 aliphatic rings. The van der Waals surface area contributed by atoms with E-state index in [9.17, 15) is 14.7 Å². The van der Waals surface area contributed by atoms with Gasteiger partial charge in [-0.3, -0.25) is 4.79 Å². The fourth-order valence-electron chi connectivity index (χ4n) is 0.494. The van der Waals surface area contributed by atoms with E-state index in [2.05, 4.69) is 10.7 Å². The molecule has 12 heavy (non-hydrogen) atoms. The van der Waals surface area contributed by atoms with Gasteiger partial charge in [0.2, 0.25) is 0 Å². The van der Waals surface area contributed by atoms with Crippen LogP contribution in [0.15, 0.2) is 0 Å². The SMILES string of the molecule is C#CC(C)OC(=O)CCC(=O)[O-]. The predicted octanol–water partition coefficient (Wildman–Crippen LogP) is -0.919. The number of hydrogen-bond donors (Lipinski definition) is 0. The molecular formula is C8H9O4-. The molecule has 4 nitrogen and oxygen atoms in total. The molecule has 0 N–H and O–H groups in total. The molecule has 0 saturated carbocycles. The third kappa shape index (κ3) is 5.30. The van der Waals surface area contributed by atoms with Crippen LogP contribution in [0, 0.1) is 12.3 Å². The van der Waals surface area contributed by atoms with E-state index >= 15 is 0 Å². The van der Waals surface area contributed by atoms with Gasteiger partial charge in [-0.25, -0.2) is 0 Å². The zero-order valence-corrected chi connectivity index (χ0v) is 6.70. The van der Waals surface area contributed by atoms with Crippen LogP contribution in [-0.2, 0) is 14.3 Å². The van der Waals surface area contributed by atoms with E-state index in [0.29, 0.717) is 0 Å². The molecule has 0 aromatic heterocycles. The molecule has 1 unspecified atom stereocenters. The summed E-state index contributed by atoms with van der Waals surface area (Å²) in [4.78, 5) is 20.6. The Morgan fingerprint density at radius 3 is 2.58 bits per heavy atom. The number of rotatable bonds is 4. The van der Waals surface area contributed by atoms with E-state index in [-0.39, 0.29) is 12.8 Å². The summed E-state index contributed by atoms with van der Waals surface area (Å²) in [6.07, 6.45) is 3.77. The van der Waals surface area contributed by atoms with Gasteiger partial charge in [0.05, 0.1) is 6.42 Å². The first-order valence-electron chi connectivity index (χ1n) is 3.41. The molecule has 0 fully saturated rings. The minimum Gasteiger partial charge on any atom is -0.550 e. The number of aliphatic carboxylic acids is 1. The highest BCUT2D eigenvalue weighted by molar-refractivity contribution is 5.75. The number of carboxylic acids is 1. The molecule has 0 rings (SSSR count). The number of terminal acetylenes is 1. The first-order valence-corrected chi connectivity index (χ1v) is 3.41. The first kappa shape index (κ1) is 10.5. The van der Waals surface area contributed by atoms with E-state index in [1.807, 2.05) is 0 Å². The van der Waals surface area contributed by atoms with Crippen LogP contribution in [0.1, 0.15) is 19.8 Å². The van der Waals surface area contributed by atoms with Crippen LogP contribution in [0.5, 0.6) is 0 Å². The summed E-state index contributed by atoms with van der Waals surface area (Å²) in [5, 5.41) is 9.90. The Balaban J connectivity index is 3.62. The van der Waals surface area contributed by atoms with Gasteiger partial charge in [-0.2, -0.15) is 0 Å². The smallest absolute Gasteiger partial charge is 0.307 e. The summed E-state index contributed by atoms with van der Waals surface area (Å²) in [5.74, 6) is 0.279. The largest absolute Gasteiger partial charge is 0.550 e. The first-order chi connectivity index (χ1) is 5.56. The average molecular weight is 169 g/mol. The van der Waals surface area contributed by atoms with Crippen LogP contribution in [0.25, 0.3) is 0 Å². The van der Waals surface area contributed by atoms with E-state index < -0.39 is 18.0 Å². The van der Waals surface area contributed by atoms with Crippen molar-refractivity contribution in [3.63, 3.8) is 0 Å². The number of carboxylic acid groups (broad SMARTS) is 1. The van der Waals surface area contributed by atoms with Crippen molar-refractivity contribution < 1.29 is 19.4 Å². The summed E-state index contributed by atoms with van der Waals surface area (Å²) in [7, 11) is 0. The predicted molar refractivity (Wildman–Crippen MR) is 38.6 cm³/mol. The molecule has 0 aliphatic carbocycles. The molecule has 0 heterocycles. The van der Waals surface area contributed by atoms with Gasteiger partial charge in [0, 0.05) is 5.97 Å². The monoisotopic (exact) mass is 169 g/mol. The molecule has 0 aliphatic heterocycles. The standard InChI is InChI=1S/C8H10O4/c1-3-6(2)12-8(11)5-4-7(9)10/h1,6H,4-5H2,2H3,(H,9,10)/p-1. The Morgan fingerprint density at radius 2 is 2.17 bits per heavy atom. The lowest BCUT2D eigenvalue weighted by molar-refractivity contribution is -0.305. The zero-order valence-electron chi connectivity index (χ0n) is 6.70. The Morgan fingerprint density at radius 1 is 1.58 bits per heavy atom. The molecule has 0 amide bonds. The topological polar surface area (TPSA) is 66.4 Å². The van der Waals surface area contributed by atoms with Gasteiger partial charge >= 0.3 is 5.97 Å². The summed E-state index contributed by atoms with van der Waals surface area (Å²) in [6, 6.07) is 0. The molecule has 0 bridgehead atoms. The molecule has 0 spiro atoms. The van der Waals surface area contributed by atoms with Gasteiger partial charge in [0.25, 0.3) is 0 Å². The van der Waals surface area contributed by atoms with Crippen molar-refractivity contribution in [2.45, 2.75) is 25.9 Å². The molecule has 1 atom stereocenters. The van der Waals surface area contributed by atoms with Gasteiger partial charge in [0.1, 0.15) is 0 Å². The van der Waals surface area contributed by atoms with Crippen molar-refractivity contribution in [1.82, 2.24) is 0 Å². The Bertz CT molecular complexity index is 214. The molecule has 0 aromatic carbocycles. The second kappa shape index (κ2) is 5.19. The number of hydrogen-bond acceptors (Lipinski definition) is 4. The number of ether oxygens (including phenoxy) is 1. The van der Waals surface area contributed by atoms with Crippen molar-refractivity contribution in [3.8, 4) is 12.3 Å². The highest BCUT2D eigenvalue weighted by Crippen LogP contribution is 1.95. The number of esters is 1. The van der Waals surface area contributed by atoms with Gasteiger partial charge in [-0.05, 0) is 13.3 Å². The van der Waals surface area contributed by atoms with Gasteiger partial charge in [0.15, 0.2) is 6.10 Å². The Kier molecular flexibility index (Phi) is 4.54. The number of carbonyl (C=O) groups is 2. The van der Waals surface area contributed by atoms with E-state index in [4.69, 9.17) is 6.42 Å². The lowest BCUT2D eigenvalue weighted by Crippen LogP contribution is -2.23. The second-order valence-corrected chi connectivity index (χ2v) is 2.17. The summed E-state index contributed by atoms with van der Waals surface area (Å²) in [5.41, 5.74) is 0. The summed E-state index contributed by atoms with van der Waals surface area (Å²) >= 11 is 0. The molecule has 66 valence electrons. The van der Waals surface area contributed by atoms with Gasteiger partial charge in [-0.15, -0.1) is 6.42 Å². The number of carbonyl (C=O) groups excluding carboxylic acids is 2. The third-order valence-electron chi connectivity index (χ3n) is 1.08. The molecule has 4 heteroatoms. The molecule has 0 aromatic rings. The van der Waals surface area contributed by atoms with Crippen LogP contribution < -0.4 is 5.11 Å². The highest BCUT2D eigenvalue weighted by Gasteiger charge is 2.05. The van der Waals surface area contributed by atoms with Crippen LogP contribution in [0.2, 0.25) is 0 Å². The van der Waals surface area contributed by atoms with Crippen molar-refractivity contribution in [2.24, 2.45) is 0 Å². The van der Waals surface area contributed by atoms with Crippen molar-refractivity contribution in [2.75, 3.05) is 0 Å². The van der Waals surface area contributed by atoms with Gasteiger partial charge in [-0.1, -0.05) is 5.92 Å². The van der Waals surface area contributed by atoms with Crippen LogP contribution in [0.4, 0.5) is 0 Å². The van der Waals surface area contributed by atoms with Crippen LogP contribution in [0.3, 0.4) is 0 Å². The highest BCUT2D eigenvalue weighted by atomic mass is 16.5. The van der Waals surface area contributed by atoms with E-state index in [0.717, 1.165) is 0 Å². The summed E-state index contributed by atoms with van der Waals surface area (Å²) < 4.78 is 4.58. The fraction of sp³-hybridized carbons (Fsp3) is 0.500. The maximum absolute atomic E-state index is 10.7. The quantitative estimate of drug-likeness (QED) is 0.403. The fourth-order valence-corrected chi connectivity index (χ4v) is 0.494. The third-order valence-corrected chi connectivity index (χ3v) is 1.08. The average Bonchev–Trinajstić information content (AvgIpc) is 2.00.